The van der Waals surface area contributed by atoms with E-state index in [9.17, 15) is 0 Å². The highest BCUT2D eigenvalue weighted by Gasteiger charge is 1.89. The maximum absolute atomic E-state index is 9.01. The molecule has 0 saturated carbocycles. The summed E-state index contributed by atoms with van der Waals surface area (Å²) in [6, 6.07) is 0.944. The van der Waals surface area contributed by atoms with E-state index < -0.39 is 11.9 Å². The van der Waals surface area contributed by atoms with Gasteiger partial charge in [0.1, 0.15) is 0 Å². The van der Waals surface area contributed by atoms with Gasteiger partial charge in [-0.2, -0.15) is 5.26 Å². The summed E-state index contributed by atoms with van der Waals surface area (Å²) < 4.78 is 0. The van der Waals surface area contributed by atoms with Crippen LogP contribution in [0, 0.1) is 11.3 Å². The molecule has 0 unspecified atom stereocenters. The molecule has 0 aliphatic carbocycles. The van der Waals surface area contributed by atoms with Gasteiger partial charge in [-0.3, -0.25) is 4.79 Å². The summed E-state index contributed by atoms with van der Waals surface area (Å²) in [5.74, 6) is -2.27. The number of hydrogen-bond donors (Lipinski definition) is 3. The van der Waals surface area contributed by atoms with E-state index in [0.29, 0.717) is 0 Å². The number of nitrogens with zero attached hydrogens (tertiary/aromatic N) is 2. The molecule has 0 saturated heterocycles. The lowest BCUT2D eigenvalue weighted by Gasteiger charge is -2.13. The smallest absolute Gasteiger partial charge is 0.408 e. The molecule has 0 aromatic carbocycles. The number of aliphatic hydroxyl groups excluding tert-OH is 1. The third kappa shape index (κ3) is 83.5. The molecular formula is C12H26N2O5. The Kier molecular flexibility index (Phi) is 34.6. The Labute approximate surface area is 115 Å². The van der Waals surface area contributed by atoms with Gasteiger partial charge in [-0.05, 0) is 26.6 Å². The second-order valence-corrected chi connectivity index (χ2v) is 2.87. The molecular weight excluding hydrogens is 252 g/mol. The van der Waals surface area contributed by atoms with Crippen LogP contribution in [0.4, 0.5) is 0 Å². The molecule has 0 rings (SSSR count). The van der Waals surface area contributed by atoms with Crippen LogP contribution in [0.5, 0.6) is 0 Å². The van der Waals surface area contributed by atoms with Crippen molar-refractivity contribution >= 4 is 11.9 Å². The van der Waals surface area contributed by atoms with Crippen LogP contribution >= 0.6 is 0 Å². The second-order valence-electron chi connectivity index (χ2n) is 2.87. The zero-order chi connectivity index (χ0) is 16.3. The van der Waals surface area contributed by atoms with Crippen molar-refractivity contribution in [3.63, 3.8) is 0 Å². The van der Waals surface area contributed by atoms with Crippen LogP contribution in [0.2, 0.25) is 0 Å². The van der Waals surface area contributed by atoms with Gasteiger partial charge in [0.15, 0.2) is 6.07 Å². The van der Waals surface area contributed by atoms with Gasteiger partial charge in [0.2, 0.25) is 0 Å². The number of carboxylic acid groups (broad SMARTS) is 2. The number of nitriles is 1. The molecule has 0 fully saturated rings. The van der Waals surface area contributed by atoms with Gasteiger partial charge in [0.25, 0.3) is 5.97 Å². The summed E-state index contributed by atoms with van der Waals surface area (Å²) in [4.78, 5) is 20.4. The number of aliphatic carboxylic acids is 2. The molecule has 0 heterocycles. The van der Waals surface area contributed by atoms with E-state index in [1.165, 1.54) is 19.6 Å². The molecule has 0 bridgehead atoms. The van der Waals surface area contributed by atoms with Gasteiger partial charge >= 0.3 is 5.97 Å². The van der Waals surface area contributed by atoms with E-state index in [4.69, 9.17) is 30.2 Å². The highest BCUT2D eigenvalue weighted by atomic mass is 16.4. The Bertz CT molecular complexity index is 225. The first kappa shape index (κ1) is 26.0. The topological polar surface area (TPSA) is 122 Å². The summed E-state index contributed by atoms with van der Waals surface area (Å²) in [5, 5.41) is 29.6. The molecule has 0 aromatic rings. The molecule has 0 radical (unpaired) electrons. The molecule has 3 N–H and O–H groups in total. The Morgan fingerprint density at radius 3 is 1.21 bits per heavy atom. The van der Waals surface area contributed by atoms with E-state index in [0.717, 1.165) is 13.0 Å². The summed E-state index contributed by atoms with van der Waals surface area (Å²) >= 11 is 0. The van der Waals surface area contributed by atoms with E-state index in [2.05, 4.69) is 25.7 Å². The highest BCUT2D eigenvalue weighted by molar-refractivity contribution is 5.83. The minimum absolute atomic E-state index is 0.250. The van der Waals surface area contributed by atoms with Crippen molar-refractivity contribution in [3.05, 3.63) is 0 Å². The quantitative estimate of drug-likeness (QED) is 0.520. The molecule has 0 aliphatic heterocycles. The molecule has 0 amide bonds. The maximum atomic E-state index is 9.01. The summed E-state index contributed by atoms with van der Waals surface area (Å²) in [6.45, 7) is 13.1. The standard InChI is InChI=1S/C6H15N.C2HNO2.C2H4O2.C2H6O/c1-4-7(5-2)6-3;3-1-2(4)5;1-2(3)4;1-2-3/h4-6H2,1-3H3;(H,4,5);1H3,(H,3,4);3H,2H2,1H3. The molecule has 0 atom stereocenters. The highest BCUT2D eigenvalue weighted by Crippen LogP contribution is 1.81. The minimum Gasteiger partial charge on any atom is -0.481 e. The number of hydrogen-bond acceptors (Lipinski definition) is 5. The van der Waals surface area contributed by atoms with Crippen LogP contribution < -0.4 is 0 Å². The van der Waals surface area contributed by atoms with Crippen LogP contribution in [-0.2, 0) is 9.59 Å². The van der Waals surface area contributed by atoms with Crippen LogP contribution in [0.3, 0.4) is 0 Å². The molecule has 114 valence electrons. The molecule has 7 heteroatoms. The van der Waals surface area contributed by atoms with Crippen molar-refractivity contribution in [3.8, 4) is 6.07 Å². The largest absolute Gasteiger partial charge is 0.481 e. The van der Waals surface area contributed by atoms with Gasteiger partial charge in [-0.25, -0.2) is 4.79 Å². The maximum Gasteiger partial charge on any atom is 0.408 e. The lowest BCUT2D eigenvalue weighted by molar-refractivity contribution is -0.134. The van der Waals surface area contributed by atoms with Gasteiger partial charge in [0.05, 0.1) is 0 Å². The average molecular weight is 278 g/mol. The Balaban J connectivity index is -0.0000000833. The van der Waals surface area contributed by atoms with Crippen molar-refractivity contribution in [1.29, 1.82) is 5.26 Å². The monoisotopic (exact) mass is 278 g/mol. The van der Waals surface area contributed by atoms with Crippen LogP contribution in [0.25, 0.3) is 0 Å². The number of carbonyl (C=O) groups is 2. The zero-order valence-electron chi connectivity index (χ0n) is 12.4. The predicted octanol–water partition coefficient (Wildman–Crippen LogP) is 1.03. The Morgan fingerprint density at radius 2 is 1.21 bits per heavy atom. The fourth-order valence-electron chi connectivity index (χ4n) is 0.671. The van der Waals surface area contributed by atoms with Crippen molar-refractivity contribution in [2.45, 2.75) is 34.6 Å². The van der Waals surface area contributed by atoms with Gasteiger partial charge in [-0.1, -0.05) is 20.8 Å². The number of rotatable bonds is 3. The Morgan fingerprint density at radius 1 is 1.05 bits per heavy atom. The first-order valence-electron chi connectivity index (χ1n) is 5.92. The number of aliphatic hydroxyl groups is 1. The first-order valence-corrected chi connectivity index (χ1v) is 5.92. The van der Waals surface area contributed by atoms with Gasteiger partial charge in [0, 0.05) is 13.5 Å². The van der Waals surface area contributed by atoms with Gasteiger partial charge in [-0.15, -0.1) is 0 Å². The lowest BCUT2D eigenvalue weighted by atomic mass is 10.5. The third-order valence-electron chi connectivity index (χ3n) is 1.44. The van der Waals surface area contributed by atoms with Crippen molar-refractivity contribution in [2.24, 2.45) is 0 Å². The van der Waals surface area contributed by atoms with Crippen molar-refractivity contribution in [1.82, 2.24) is 4.90 Å². The molecule has 7 nitrogen and oxygen atoms in total. The normalized spacial score (nSPS) is 7.47. The van der Waals surface area contributed by atoms with Crippen molar-refractivity contribution < 1.29 is 24.9 Å². The predicted molar refractivity (Wildman–Crippen MR) is 72.8 cm³/mol. The second kappa shape index (κ2) is 25.3. The number of carboxylic acids is 2. The van der Waals surface area contributed by atoms with Crippen LogP contribution in [0.1, 0.15) is 34.6 Å². The van der Waals surface area contributed by atoms with E-state index in [1.54, 1.807) is 6.92 Å². The fraction of sp³-hybridized carbons (Fsp3) is 0.750. The summed E-state index contributed by atoms with van der Waals surface area (Å²) in [5.41, 5.74) is 0. The van der Waals surface area contributed by atoms with E-state index in [-0.39, 0.29) is 6.61 Å². The Hall–Kier alpha value is -1.65. The fourth-order valence-corrected chi connectivity index (χ4v) is 0.671. The van der Waals surface area contributed by atoms with Crippen molar-refractivity contribution in [2.75, 3.05) is 26.2 Å². The summed E-state index contributed by atoms with van der Waals surface area (Å²) in [7, 11) is 0. The molecule has 0 aliphatic rings. The third-order valence-corrected chi connectivity index (χ3v) is 1.44. The average Bonchev–Trinajstić information content (AvgIpc) is 2.32. The first-order chi connectivity index (χ1) is 8.76. The zero-order valence-corrected chi connectivity index (χ0v) is 12.4. The molecule has 19 heavy (non-hydrogen) atoms. The molecule has 0 aromatic heterocycles. The SMILES string of the molecule is CC(=O)O.CCN(CC)CC.CCO.N#CC(=O)O. The lowest BCUT2D eigenvalue weighted by Crippen LogP contribution is -2.21. The van der Waals surface area contributed by atoms with Crippen LogP contribution in [0.15, 0.2) is 0 Å². The molecule has 0 spiro atoms. The summed E-state index contributed by atoms with van der Waals surface area (Å²) in [6.07, 6.45) is 0. The van der Waals surface area contributed by atoms with Crippen LogP contribution in [-0.4, -0.2) is 58.4 Å². The van der Waals surface area contributed by atoms with Gasteiger partial charge < -0.3 is 20.2 Å². The minimum atomic E-state index is -1.44. The van der Waals surface area contributed by atoms with E-state index in [1.807, 2.05) is 0 Å². The van der Waals surface area contributed by atoms with E-state index >= 15 is 0 Å².